The zero-order chi connectivity index (χ0) is 13.9. The van der Waals surface area contributed by atoms with E-state index in [0.29, 0.717) is 15.7 Å². The van der Waals surface area contributed by atoms with Gasteiger partial charge in [-0.05, 0) is 31.4 Å². The average molecular weight is 314 g/mol. The van der Waals surface area contributed by atoms with E-state index in [-0.39, 0.29) is 6.23 Å². The van der Waals surface area contributed by atoms with E-state index in [2.05, 4.69) is 15.2 Å². The third-order valence-corrected chi connectivity index (χ3v) is 4.21. The maximum atomic E-state index is 6.19. The highest BCUT2D eigenvalue weighted by Crippen LogP contribution is 2.31. The van der Waals surface area contributed by atoms with Crippen LogP contribution in [0.25, 0.3) is 0 Å². The van der Waals surface area contributed by atoms with Gasteiger partial charge in [0.2, 0.25) is 5.96 Å². The standard InChI is InChI=1S/C14H17Cl2N3O/c15-10-4-3-5-11(16)13(10)18-14-17-7-8-19(14)12-6-1-2-9-20-12/h3-5,12H,1-2,6-9H2,(H,17,18). The molecule has 1 unspecified atom stereocenters. The number of aliphatic imine (C=N–C) groups is 1. The van der Waals surface area contributed by atoms with Gasteiger partial charge in [-0.2, -0.15) is 0 Å². The Morgan fingerprint density at radius 2 is 2.05 bits per heavy atom. The summed E-state index contributed by atoms with van der Waals surface area (Å²) in [4.78, 5) is 6.67. The minimum Gasteiger partial charge on any atom is -0.358 e. The van der Waals surface area contributed by atoms with Gasteiger partial charge in [0.15, 0.2) is 0 Å². The van der Waals surface area contributed by atoms with Crippen molar-refractivity contribution < 1.29 is 4.74 Å². The van der Waals surface area contributed by atoms with Crippen molar-refractivity contribution in [1.29, 1.82) is 0 Å². The number of hydrogen-bond acceptors (Lipinski definition) is 4. The summed E-state index contributed by atoms with van der Waals surface area (Å²) in [7, 11) is 0. The molecule has 0 amide bonds. The van der Waals surface area contributed by atoms with Crippen molar-refractivity contribution in [2.24, 2.45) is 4.99 Å². The molecule has 2 aliphatic heterocycles. The number of anilines is 1. The molecule has 1 saturated heterocycles. The second-order valence-corrected chi connectivity index (χ2v) is 5.76. The molecule has 0 bridgehead atoms. The second-order valence-electron chi connectivity index (χ2n) is 4.94. The minimum absolute atomic E-state index is 0.110. The van der Waals surface area contributed by atoms with Crippen molar-refractivity contribution in [3.05, 3.63) is 28.2 Å². The van der Waals surface area contributed by atoms with Gasteiger partial charge >= 0.3 is 0 Å². The molecular weight excluding hydrogens is 297 g/mol. The quantitative estimate of drug-likeness (QED) is 0.906. The summed E-state index contributed by atoms with van der Waals surface area (Å²) < 4.78 is 5.83. The number of rotatable bonds is 2. The van der Waals surface area contributed by atoms with E-state index in [1.54, 1.807) is 0 Å². The van der Waals surface area contributed by atoms with Crippen LogP contribution in [0.4, 0.5) is 5.69 Å². The van der Waals surface area contributed by atoms with E-state index in [9.17, 15) is 0 Å². The third-order valence-electron chi connectivity index (χ3n) is 3.58. The highest BCUT2D eigenvalue weighted by atomic mass is 35.5. The average Bonchev–Trinajstić information content (AvgIpc) is 2.92. The van der Waals surface area contributed by atoms with Crippen LogP contribution in [0.2, 0.25) is 10.0 Å². The van der Waals surface area contributed by atoms with Gasteiger partial charge in [-0.1, -0.05) is 29.3 Å². The van der Waals surface area contributed by atoms with Gasteiger partial charge in [0, 0.05) is 13.2 Å². The summed E-state index contributed by atoms with van der Waals surface area (Å²) in [5.74, 6) is 0.798. The SMILES string of the molecule is Clc1cccc(Cl)c1NC1=NCCN1C1CCCCO1. The molecule has 108 valence electrons. The Morgan fingerprint density at radius 3 is 2.75 bits per heavy atom. The number of benzene rings is 1. The Bertz CT molecular complexity index is 495. The van der Waals surface area contributed by atoms with E-state index < -0.39 is 0 Å². The number of guanidine groups is 1. The topological polar surface area (TPSA) is 36.9 Å². The van der Waals surface area contributed by atoms with Crippen LogP contribution < -0.4 is 5.32 Å². The molecule has 2 heterocycles. The van der Waals surface area contributed by atoms with Gasteiger partial charge in [-0.15, -0.1) is 0 Å². The molecule has 1 aromatic rings. The second kappa shape index (κ2) is 6.20. The number of halogens is 2. The Morgan fingerprint density at radius 1 is 1.25 bits per heavy atom. The Labute approximate surface area is 128 Å². The number of nitrogens with zero attached hydrogens (tertiary/aromatic N) is 2. The lowest BCUT2D eigenvalue weighted by Crippen LogP contribution is -2.44. The van der Waals surface area contributed by atoms with Crippen LogP contribution in [0.5, 0.6) is 0 Å². The molecule has 2 aliphatic rings. The molecular formula is C14H17Cl2N3O. The molecule has 1 N–H and O–H groups in total. The Hall–Kier alpha value is -0.970. The van der Waals surface area contributed by atoms with Crippen LogP contribution in [0, 0.1) is 0 Å². The summed E-state index contributed by atoms with van der Waals surface area (Å²) in [6.45, 7) is 2.46. The summed E-state index contributed by atoms with van der Waals surface area (Å²) in [5.41, 5.74) is 0.706. The zero-order valence-electron chi connectivity index (χ0n) is 11.1. The fourth-order valence-electron chi connectivity index (χ4n) is 2.55. The van der Waals surface area contributed by atoms with Crippen molar-refractivity contribution in [2.45, 2.75) is 25.5 Å². The van der Waals surface area contributed by atoms with Crippen molar-refractivity contribution in [1.82, 2.24) is 4.90 Å². The van der Waals surface area contributed by atoms with Crippen molar-refractivity contribution in [2.75, 3.05) is 25.0 Å². The number of ether oxygens (including phenoxy) is 1. The van der Waals surface area contributed by atoms with Crippen molar-refractivity contribution >= 4 is 34.8 Å². The van der Waals surface area contributed by atoms with Crippen LogP contribution in [-0.2, 0) is 4.74 Å². The predicted octanol–water partition coefficient (Wildman–Crippen LogP) is 3.60. The first-order valence-electron chi connectivity index (χ1n) is 6.89. The normalized spacial score (nSPS) is 22.8. The van der Waals surface area contributed by atoms with E-state index in [0.717, 1.165) is 38.5 Å². The first-order chi connectivity index (χ1) is 9.75. The van der Waals surface area contributed by atoms with Crippen LogP contribution in [0.3, 0.4) is 0 Å². The number of nitrogens with one attached hydrogen (secondary N) is 1. The summed E-state index contributed by atoms with van der Waals surface area (Å²) in [6, 6.07) is 5.45. The van der Waals surface area contributed by atoms with E-state index in [4.69, 9.17) is 27.9 Å². The maximum Gasteiger partial charge on any atom is 0.200 e. The summed E-state index contributed by atoms with van der Waals surface area (Å²) in [5, 5.41) is 4.45. The Balaban J connectivity index is 1.76. The molecule has 0 spiro atoms. The van der Waals surface area contributed by atoms with Gasteiger partial charge in [-0.25, -0.2) is 0 Å². The van der Waals surface area contributed by atoms with Gasteiger partial charge in [0.25, 0.3) is 0 Å². The Kier molecular flexibility index (Phi) is 4.34. The molecule has 1 aromatic carbocycles. The predicted molar refractivity (Wildman–Crippen MR) is 82.7 cm³/mol. The largest absolute Gasteiger partial charge is 0.358 e. The van der Waals surface area contributed by atoms with Crippen LogP contribution in [0.1, 0.15) is 19.3 Å². The highest BCUT2D eigenvalue weighted by Gasteiger charge is 2.28. The molecule has 0 saturated carbocycles. The lowest BCUT2D eigenvalue weighted by Gasteiger charge is -2.33. The van der Waals surface area contributed by atoms with E-state index in [1.807, 2.05) is 18.2 Å². The van der Waals surface area contributed by atoms with Crippen LogP contribution in [-0.4, -0.2) is 36.8 Å². The van der Waals surface area contributed by atoms with Crippen LogP contribution in [0.15, 0.2) is 23.2 Å². The molecule has 1 fully saturated rings. The minimum atomic E-state index is 0.110. The van der Waals surface area contributed by atoms with Crippen LogP contribution >= 0.6 is 23.2 Å². The fraction of sp³-hybridized carbons (Fsp3) is 0.500. The van der Waals surface area contributed by atoms with Crippen molar-refractivity contribution in [3.63, 3.8) is 0 Å². The fourth-order valence-corrected chi connectivity index (χ4v) is 3.04. The lowest BCUT2D eigenvalue weighted by atomic mass is 10.2. The number of para-hydroxylation sites is 1. The summed E-state index contributed by atoms with van der Waals surface area (Å²) in [6.07, 6.45) is 3.48. The first-order valence-corrected chi connectivity index (χ1v) is 7.65. The highest BCUT2D eigenvalue weighted by molar-refractivity contribution is 6.39. The van der Waals surface area contributed by atoms with E-state index in [1.165, 1.54) is 6.42 Å². The first kappa shape index (κ1) is 14.0. The monoisotopic (exact) mass is 313 g/mol. The lowest BCUT2D eigenvalue weighted by molar-refractivity contribution is -0.0522. The number of hydrogen-bond donors (Lipinski definition) is 1. The third kappa shape index (κ3) is 2.87. The molecule has 0 aromatic heterocycles. The van der Waals surface area contributed by atoms with Gasteiger partial charge < -0.3 is 15.0 Å². The van der Waals surface area contributed by atoms with Gasteiger partial charge in [0.1, 0.15) is 6.23 Å². The molecule has 1 atom stereocenters. The van der Waals surface area contributed by atoms with Gasteiger partial charge in [0.05, 0.1) is 22.3 Å². The maximum absolute atomic E-state index is 6.19. The summed E-state index contributed by atoms with van der Waals surface area (Å²) >= 11 is 12.4. The molecule has 6 heteroatoms. The molecule has 3 rings (SSSR count). The smallest absolute Gasteiger partial charge is 0.200 e. The van der Waals surface area contributed by atoms with E-state index >= 15 is 0 Å². The molecule has 20 heavy (non-hydrogen) atoms. The van der Waals surface area contributed by atoms with Gasteiger partial charge in [-0.3, -0.25) is 4.99 Å². The molecule has 0 aliphatic carbocycles. The molecule has 4 nitrogen and oxygen atoms in total. The zero-order valence-corrected chi connectivity index (χ0v) is 12.6. The van der Waals surface area contributed by atoms with Crippen molar-refractivity contribution in [3.8, 4) is 0 Å². The molecule has 0 radical (unpaired) electrons.